The van der Waals surface area contributed by atoms with Gasteiger partial charge in [0.15, 0.2) is 0 Å². The van der Waals surface area contributed by atoms with Crippen molar-refractivity contribution in [1.29, 1.82) is 0 Å². The third-order valence-electron chi connectivity index (χ3n) is 4.65. The van der Waals surface area contributed by atoms with Gasteiger partial charge in [0.1, 0.15) is 0 Å². The van der Waals surface area contributed by atoms with Gasteiger partial charge >= 0.3 is 0 Å². The lowest BCUT2D eigenvalue weighted by Gasteiger charge is -2.42. The summed E-state index contributed by atoms with van der Waals surface area (Å²) in [7, 11) is 0. The van der Waals surface area contributed by atoms with Crippen LogP contribution in [0.1, 0.15) is 39.0 Å². The van der Waals surface area contributed by atoms with E-state index in [1.54, 1.807) is 0 Å². The molecule has 14 heavy (non-hydrogen) atoms. The second-order valence-electron chi connectivity index (χ2n) is 5.55. The highest BCUT2D eigenvalue weighted by molar-refractivity contribution is 5.06. The SMILES string of the molecule is CC1CC1N1CCCC12CCNCC2. The Kier molecular flexibility index (Phi) is 2.10. The van der Waals surface area contributed by atoms with Crippen LogP contribution >= 0.6 is 0 Å². The Bertz CT molecular complexity index is 220. The molecular weight excluding hydrogens is 172 g/mol. The van der Waals surface area contributed by atoms with E-state index in [1.807, 2.05) is 0 Å². The number of likely N-dealkylation sites (tertiary alicyclic amines) is 1. The predicted octanol–water partition coefficient (Wildman–Crippen LogP) is 1.61. The fraction of sp³-hybridized carbons (Fsp3) is 1.00. The molecule has 3 aliphatic rings. The van der Waals surface area contributed by atoms with Crippen LogP contribution in [0.15, 0.2) is 0 Å². The normalized spacial score (nSPS) is 41.8. The first-order valence-corrected chi connectivity index (χ1v) is 6.29. The van der Waals surface area contributed by atoms with Crippen molar-refractivity contribution in [1.82, 2.24) is 10.2 Å². The summed E-state index contributed by atoms with van der Waals surface area (Å²) in [5, 5.41) is 3.50. The molecule has 0 aromatic rings. The van der Waals surface area contributed by atoms with Crippen molar-refractivity contribution >= 4 is 0 Å². The summed E-state index contributed by atoms with van der Waals surface area (Å²) in [6, 6.07) is 0.954. The lowest BCUT2D eigenvalue weighted by Crippen LogP contribution is -2.52. The lowest BCUT2D eigenvalue weighted by molar-refractivity contribution is 0.0879. The third kappa shape index (κ3) is 1.31. The molecule has 1 N–H and O–H groups in total. The predicted molar refractivity (Wildman–Crippen MR) is 58.3 cm³/mol. The zero-order valence-corrected chi connectivity index (χ0v) is 9.26. The van der Waals surface area contributed by atoms with Crippen molar-refractivity contribution in [3.8, 4) is 0 Å². The van der Waals surface area contributed by atoms with Crippen molar-refractivity contribution in [3.05, 3.63) is 0 Å². The summed E-state index contributed by atoms with van der Waals surface area (Å²) in [6.07, 6.45) is 7.18. The second-order valence-corrected chi connectivity index (χ2v) is 5.55. The van der Waals surface area contributed by atoms with Crippen LogP contribution in [0.3, 0.4) is 0 Å². The number of rotatable bonds is 1. The molecule has 2 aliphatic heterocycles. The number of nitrogens with zero attached hydrogens (tertiary/aromatic N) is 1. The molecule has 80 valence electrons. The molecular formula is C12H22N2. The Labute approximate surface area is 87.0 Å². The zero-order valence-electron chi connectivity index (χ0n) is 9.26. The Morgan fingerprint density at radius 2 is 1.93 bits per heavy atom. The van der Waals surface area contributed by atoms with Gasteiger partial charge in [-0.3, -0.25) is 4.90 Å². The van der Waals surface area contributed by atoms with Crippen LogP contribution in [0, 0.1) is 5.92 Å². The van der Waals surface area contributed by atoms with Gasteiger partial charge in [-0.15, -0.1) is 0 Å². The average molecular weight is 194 g/mol. The highest BCUT2D eigenvalue weighted by Crippen LogP contribution is 2.46. The molecule has 2 saturated heterocycles. The molecule has 3 rings (SSSR count). The van der Waals surface area contributed by atoms with E-state index in [2.05, 4.69) is 17.1 Å². The minimum absolute atomic E-state index is 0.626. The summed E-state index contributed by atoms with van der Waals surface area (Å²) in [6.45, 7) is 6.29. The smallest absolute Gasteiger partial charge is 0.0237 e. The summed E-state index contributed by atoms with van der Waals surface area (Å²) < 4.78 is 0. The van der Waals surface area contributed by atoms with E-state index in [-0.39, 0.29) is 0 Å². The Balaban J connectivity index is 1.75. The molecule has 0 radical (unpaired) electrons. The van der Waals surface area contributed by atoms with E-state index in [0.29, 0.717) is 5.54 Å². The van der Waals surface area contributed by atoms with Gasteiger partial charge in [0, 0.05) is 11.6 Å². The van der Waals surface area contributed by atoms with Gasteiger partial charge in [-0.1, -0.05) is 6.92 Å². The van der Waals surface area contributed by atoms with Crippen molar-refractivity contribution in [2.45, 2.75) is 50.6 Å². The van der Waals surface area contributed by atoms with Crippen molar-refractivity contribution in [2.75, 3.05) is 19.6 Å². The molecule has 0 aromatic carbocycles. The Morgan fingerprint density at radius 3 is 2.57 bits per heavy atom. The minimum atomic E-state index is 0.626. The molecule has 2 unspecified atom stereocenters. The fourth-order valence-corrected chi connectivity index (χ4v) is 3.64. The maximum Gasteiger partial charge on any atom is 0.0237 e. The van der Waals surface area contributed by atoms with Gasteiger partial charge in [-0.25, -0.2) is 0 Å². The first kappa shape index (κ1) is 9.17. The standard InChI is InChI=1S/C12H22N2/c1-10-9-11(10)14-8-2-3-12(14)4-6-13-7-5-12/h10-11,13H,2-9H2,1H3. The van der Waals surface area contributed by atoms with Crippen LogP contribution in [-0.2, 0) is 0 Å². The minimum Gasteiger partial charge on any atom is -0.317 e. The second kappa shape index (κ2) is 3.21. The highest BCUT2D eigenvalue weighted by Gasteiger charge is 2.50. The van der Waals surface area contributed by atoms with Gasteiger partial charge in [-0.05, 0) is 57.7 Å². The van der Waals surface area contributed by atoms with Gasteiger partial charge in [0.25, 0.3) is 0 Å². The van der Waals surface area contributed by atoms with Gasteiger partial charge in [-0.2, -0.15) is 0 Å². The molecule has 2 atom stereocenters. The van der Waals surface area contributed by atoms with E-state index in [1.165, 1.54) is 51.7 Å². The number of piperidine rings is 1. The van der Waals surface area contributed by atoms with Crippen molar-refractivity contribution in [2.24, 2.45) is 5.92 Å². The van der Waals surface area contributed by atoms with Crippen LogP contribution in [-0.4, -0.2) is 36.1 Å². The van der Waals surface area contributed by atoms with E-state index in [9.17, 15) is 0 Å². The molecule has 1 spiro atoms. The van der Waals surface area contributed by atoms with E-state index in [4.69, 9.17) is 0 Å². The molecule has 1 saturated carbocycles. The van der Waals surface area contributed by atoms with Gasteiger partial charge in [0.2, 0.25) is 0 Å². The van der Waals surface area contributed by atoms with Crippen LogP contribution in [0.25, 0.3) is 0 Å². The molecule has 0 amide bonds. The van der Waals surface area contributed by atoms with Gasteiger partial charge < -0.3 is 5.32 Å². The summed E-state index contributed by atoms with van der Waals surface area (Å²) in [5.74, 6) is 0.986. The summed E-state index contributed by atoms with van der Waals surface area (Å²) in [4.78, 5) is 2.87. The van der Waals surface area contributed by atoms with E-state index < -0.39 is 0 Å². The number of nitrogens with one attached hydrogen (secondary N) is 1. The third-order valence-corrected chi connectivity index (χ3v) is 4.65. The molecule has 0 bridgehead atoms. The van der Waals surface area contributed by atoms with E-state index >= 15 is 0 Å². The molecule has 2 heteroatoms. The van der Waals surface area contributed by atoms with Crippen molar-refractivity contribution < 1.29 is 0 Å². The first-order chi connectivity index (χ1) is 6.82. The fourth-order valence-electron chi connectivity index (χ4n) is 3.64. The molecule has 0 aromatic heterocycles. The topological polar surface area (TPSA) is 15.3 Å². The largest absolute Gasteiger partial charge is 0.317 e. The molecule has 2 heterocycles. The average Bonchev–Trinajstić information content (AvgIpc) is 2.78. The lowest BCUT2D eigenvalue weighted by atomic mass is 9.85. The van der Waals surface area contributed by atoms with Crippen LogP contribution < -0.4 is 5.32 Å². The first-order valence-electron chi connectivity index (χ1n) is 6.29. The van der Waals surface area contributed by atoms with Crippen molar-refractivity contribution in [3.63, 3.8) is 0 Å². The van der Waals surface area contributed by atoms with Crippen LogP contribution in [0.2, 0.25) is 0 Å². The molecule has 1 aliphatic carbocycles. The number of hydrogen-bond donors (Lipinski definition) is 1. The monoisotopic (exact) mass is 194 g/mol. The quantitative estimate of drug-likeness (QED) is 0.682. The Morgan fingerprint density at radius 1 is 1.21 bits per heavy atom. The Hall–Kier alpha value is -0.0800. The zero-order chi connectivity index (χ0) is 9.60. The molecule has 3 fully saturated rings. The molecule has 2 nitrogen and oxygen atoms in total. The van der Waals surface area contributed by atoms with Gasteiger partial charge in [0.05, 0.1) is 0 Å². The van der Waals surface area contributed by atoms with Crippen LogP contribution in [0.5, 0.6) is 0 Å². The summed E-state index contributed by atoms with van der Waals surface area (Å²) in [5.41, 5.74) is 0.626. The van der Waals surface area contributed by atoms with E-state index in [0.717, 1.165) is 12.0 Å². The van der Waals surface area contributed by atoms with Crippen LogP contribution in [0.4, 0.5) is 0 Å². The maximum absolute atomic E-state index is 3.50. The highest BCUT2D eigenvalue weighted by atomic mass is 15.3. The number of hydrogen-bond acceptors (Lipinski definition) is 2. The maximum atomic E-state index is 3.50. The summed E-state index contributed by atoms with van der Waals surface area (Å²) >= 11 is 0.